The van der Waals surface area contributed by atoms with Crippen molar-refractivity contribution < 1.29 is 39.4 Å². The van der Waals surface area contributed by atoms with Crippen LogP contribution in [0.4, 0.5) is 0 Å². The summed E-state index contributed by atoms with van der Waals surface area (Å²) in [4.78, 5) is 0. The molecule has 0 unspecified atom stereocenters. The lowest BCUT2D eigenvalue weighted by Crippen LogP contribution is -2.59. The summed E-state index contributed by atoms with van der Waals surface area (Å²) in [5.74, 6) is 0. The van der Waals surface area contributed by atoms with E-state index >= 15 is 0 Å². The highest BCUT2D eigenvalue weighted by Crippen LogP contribution is 2.22. The molecular weight excluding hydrogens is 356 g/mol. The number of unbranched alkanes of at least 4 members (excludes halogenated alkanes) is 4. The van der Waals surface area contributed by atoms with E-state index < -0.39 is 37.3 Å². The first-order valence-corrected chi connectivity index (χ1v) is 10.2. The van der Waals surface area contributed by atoms with Crippen LogP contribution in [0.5, 0.6) is 0 Å². The summed E-state index contributed by atoms with van der Waals surface area (Å²) >= 11 is 0. The summed E-state index contributed by atoms with van der Waals surface area (Å²) in [7, 11) is 0. The van der Waals surface area contributed by atoms with Gasteiger partial charge in [-0.15, -0.1) is 0 Å². The first-order valence-electron chi connectivity index (χ1n) is 10.2. The molecule has 0 aliphatic carbocycles. The van der Waals surface area contributed by atoms with Crippen molar-refractivity contribution in [3.63, 3.8) is 0 Å². The second kappa shape index (κ2) is 14.6. The molecule has 0 aromatic carbocycles. The highest BCUT2D eigenvalue weighted by Gasteiger charge is 2.44. The van der Waals surface area contributed by atoms with Crippen LogP contribution in [0.3, 0.4) is 0 Å². The smallest absolute Gasteiger partial charge is 0.186 e. The van der Waals surface area contributed by atoms with Crippen LogP contribution in [0.25, 0.3) is 0 Å². The molecule has 1 rings (SSSR count). The minimum atomic E-state index is -1.45. The molecule has 1 fully saturated rings. The molecule has 0 radical (unpaired) electrons. The topological polar surface area (TPSA) is 118 Å². The van der Waals surface area contributed by atoms with Gasteiger partial charge in [0.05, 0.1) is 19.8 Å². The number of aliphatic hydroxyl groups is 4. The zero-order valence-corrected chi connectivity index (χ0v) is 16.7. The Morgan fingerprint density at radius 3 is 2.15 bits per heavy atom. The molecule has 0 amide bonds. The van der Waals surface area contributed by atoms with Crippen molar-refractivity contribution in [1.29, 1.82) is 0 Å². The average molecular weight is 395 g/mol. The molecule has 1 aliphatic heterocycles. The van der Waals surface area contributed by atoms with Crippen molar-refractivity contribution in [2.24, 2.45) is 0 Å². The van der Waals surface area contributed by atoms with Gasteiger partial charge in [0, 0.05) is 13.2 Å². The summed E-state index contributed by atoms with van der Waals surface area (Å²) < 4.78 is 22.4. The Labute approximate surface area is 162 Å². The lowest BCUT2D eigenvalue weighted by Gasteiger charge is -2.39. The van der Waals surface area contributed by atoms with Gasteiger partial charge in [-0.25, -0.2) is 0 Å². The van der Waals surface area contributed by atoms with E-state index in [0.29, 0.717) is 19.8 Å². The van der Waals surface area contributed by atoms with E-state index in [1.54, 1.807) is 0 Å². The molecule has 1 saturated heterocycles. The summed E-state index contributed by atoms with van der Waals surface area (Å²) in [6.07, 6.45) is -0.349. The third kappa shape index (κ3) is 9.15. The van der Waals surface area contributed by atoms with Crippen LogP contribution in [-0.2, 0) is 18.9 Å². The summed E-state index contributed by atoms with van der Waals surface area (Å²) in [5, 5.41) is 38.9. The summed E-state index contributed by atoms with van der Waals surface area (Å²) in [6, 6.07) is 0. The van der Waals surface area contributed by atoms with E-state index in [0.717, 1.165) is 38.5 Å². The molecule has 1 aliphatic rings. The number of hydrogen-bond acceptors (Lipinski definition) is 8. The molecule has 1 heterocycles. The molecule has 0 saturated carbocycles. The van der Waals surface area contributed by atoms with Gasteiger partial charge in [-0.3, -0.25) is 0 Å². The minimum Gasteiger partial charge on any atom is -0.394 e. The fourth-order valence-corrected chi connectivity index (χ4v) is 2.82. The van der Waals surface area contributed by atoms with Gasteiger partial charge in [0.1, 0.15) is 30.5 Å². The van der Waals surface area contributed by atoms with Gasteiger partial charge in [0.15, 0.2) is 6.29 Å². The van der Waals surface area contributed by atoms with Gasteiger partial charge in [-0.2, -0.15) is 0 Å². The normalized spacial score (nSPS) is 29.8. The number of aliphatic hydroxyl groups excluding tert-OH is 4. The van der Waals surface area contributed by atoms with Gasteiger partial charge in [-0.1, -0.05) is 39.5 Å². The molecule has 8 nitrogen and oxygen atoms in total. The molecule has 0 aromatic rings. The standard InChI is InChI=1S/C19H38O8/c1-3-5-7-9-24-12-14(25-10-8-6-4-2)13-26-19-18(23)17(22)16(21)15(11-20)27-19/h14-23H,3-13H2,1-2H3/t14-,15-,16-,17+,18-,19+/m1/s1. The molecule has 0 aromatic heterocycles. The van der Waals surface area contributed by atoms with Crippen LogP contribution in [-0.4, -0.2) is 90.3 Å². The van der Waals surface area contributed by atoms with E-state index in [9.17, 15) is 20.4 Å². The predicted octanol–water partition coefficient (Wildman–Crippen LogP) is 0.585. The molecule has 4 N–H and O–H groups in total. The van der Waals surface area contributed by atoms with Crippen LogP contribution in [0.2, 0.25) is 0 Å². The SMILES string of the molecule is CCCCCOC[C@H](CO[C@H]1O[C@H](CO)[C@@H](O)[C@H](O)[C@H]1O)OCCCCC. The van der Waals surface area contributed by atoms with Crippen LogP contribution in [0.15, 0.2) is 0 Å². The first-order chi connectivity index (χ1) is 13.0. The quantitative estimate of drug-likeness (QED) is 0.298. The van der Waals surface area contributed by atoms with E-state index in [-0.39, 0.29) is 12.7 Å². The molecule has 0 bridgehead atoms. The third-order valence-corrected chi connectivity index (χ3v) is 4.59. The van der Waals surface area contributed by atoms with Crippen molar-refractivity contribution in [3.05, 3.63) is 0 Å². The van der Waals surface area contributed by atoms with Gasteiger partial charge >= 0.3 is 0 Å². The Balaban J connectivity index is 2.46. The fourth-order valence-electron chi connectivity index (χ4n) is 2.82. The summed E-state index contributed by atoms with van der Waals surface area (Å²) in [5.41, 5.74) is 0. The average Bonchev–Trinajstić information content (AvgIpc) is 2.68. The minimum absolute atomic E-state index is 0.114. The van der Waals surface area contributed by atoms with Crippen molar-refractivity contribution >= 4 is 0 Å². The maximum Gasteiger partial charge on any atom is 0.186 e. The Morgan fingerprint density at radius 1 is 0.852 bits per heavy atom. The molecule has 6 atom stereocenters. The van der Waals surface area contributed by atoms with Gasteiger partial charge in [-0.05, 0) is 12.8 Å². The summed E-state index contributed by atoms with van der Waals surface area (Å²) in [6.45, 7) is 5.50. The molecule has 162 valence electrons. The molecular formula is C19H38O8. The lowest BCUT2D eigenvalue weighted by molar-refractivity contribution is -0.306. The number of rotatable bonds is 15. The largest absolute Gasteiger partial charge is 0.394 e. The zero-order chi connectivity index (χ0) is 20.1. The predicted molar refractivity (Wildman–Crippen MR) is 99.3 cm³/mol. The highest BCUT2D eigenvalue weighted by molar-refractivity contribution is 4.88. The van der Waals surface area contributed by atoms with E-state index in [1.165, 1.54) is 0 Å². The van der Waals surface area contributed by atoms with Gasteiger partial charge in [0.25, 0.3) is 0 Å². The second-order valence-corrected chi connectivity index (χ2v) is 7.01. The van der Waals surface area contributed by atoms with Gasteiger partial charge in [0.2, 0.25) is 0 Å². The maximum atomic E-state index is 10.0. The highest BCUT2D eigenvalue weighted by atomic mass is 16.7. The Bertz CT molecular complexity index is 355. The van der Waals surface area contributed by atoms with E-state index in [2.05, 4.69) is 13.8 Å². The second-order valence-electron chi connectivity index (χ2n) is 7.01. The van der Waals surface area contributed by atoms with Crippen LogP contribution in [0.1, 0.15) is 52.4 Å². The fraction of sp³-hybridized carbons (Fsp3) is 1.00. The van der Waals surface area contributed by atoms with Crippen molar-refractivity contribution in [3.8, 4) is 0 Å². The third-order valence-electron chi connectivity index (χ3n) is 4.59. The zero-order valence-electron chi connectivity index (χ0n) is 16.7. The van der Waals surface area contributed by atoms with Crippen molar-refractivity contribution in [2.75, 3.05) is 33.0 Å². The molecule has 27 heavy (non-hydrogen) atoms. The van der Waals surface area contributed by atoms with Gasteiger partial charge < -0.3 is 39.4 Å². The van der Waals surface area contributed by atoms with Crippen molar-refractivity contribution in [1.82, 2.24) is 0 Å². The van der Waals surface area contributed by atoms with E-state index in [1.807, 2.05) is 0 Å². The number of ether oxygens (including phenoxy) is 4. The Morgan fingerprint density at radius 2 is 1.52 bits per heavy atom. The van der Waals surface area contributed by atoms with E-state index in [4.69, 9.17) is 18.9 Å². The van der Waals surface area contributed by atoms with Crippen molar-refractivity contribution in [2.45, 2.75) is 89.2 Å². The maximum absolute atomic E-state index is 10.0. The van der Waals surface area contributed by atoms with Crippen LogP contribution >= 0.6 is 0 Å². The Kier molecular flexibility index (Phi) is 13.4. The monoisotopic (exact) mass is 394 g/mol. The number of hydrogen-bond donors (Lipinski definition) is 4. The van der Waals surface area contributed by atoms with Crippen LogP contribution < -0.4 is 0 Å². The molecule has 8 heteroatoms. The lowest BCUT2D eigenvalue weighted by atomic mass is 9.99. The Hall–Kier alpha value is -0.320. The van der Waals surface area contributed by atoms with Crippen LogP contribution in [0, 0.1) is 0 Å². The molecule has 0 spiro atoms. The first kappa shape index (κ1) is 24.7.